The van der Waals surface area contributed by atoms with Crippen LogP contribution in [0.5, 0.6) is 5.75 Å². The molecule has 0 aliphatic heterocycles. The first-order valence-electron chi connectivity index (χ1n) is 6.32. The molecule has 0 amide bonds. The van der Waals surface area contributed by atoms with Crippen LogP contribution in [-0.2, 0) is 16.4 Å². The van der Waals surface area contributed by atoms with Gasteiger partial charge in [0.15, 0.2) is 0 Å². The van der Waals surface area contributed by atoms with Gasteiger partial charge in [-0.2, -0.15) is 0 Å². The smallest absolute Gasteiger partial charge is 0.147 e. The molecule has 0 bridgehead atoms. The molecule has 0 heterocycles. The van der Waals surface area contributed by atoms with Crippen LogP contribution < -0.4 is 10.1 Å². The zero-order chi connectivity index (χ0) is 15.2. The van der Waals surface area contributed by atoms with Gasteiger partial charge in [0, 0.05) is 12.8 Å². The normalized spacial score (nSPS) is 11.6. The lowest BCUT2D eigenvalue weighted by Gasteiger charge is -2.11. The molecule has 0 fully saturated rings. The molecular formula is C13H19Br2NO3S. The fraction of sp³-hybridized carbons (Fsp3) is 0.538. The van der Waals surface area contributed by atoms with Crippen molar-refractivity contribution >= 4 is 41.7 Å². The van der Waals surface area contributed by atoms with Crippen LogP contribution in [0, 0.1) is 0 Å². The third-order valence-electron chi connectivity index (χ3n) is 2.54. The van der Waals surface area contributed by atoms with Crippen molar-refractivity contribution in [2.45, 2.75) is 19.9 Å². The van der Waals surface area contributed by atoms with E-state index in [0.717, 1.165) is 20.3 Å². The lowest BCUT2D eigenvalue weighted by Crippen LogP contribution is -2.17. The van der Waals surface area contributed by atoms with Crippen molar-refractivity contribution in [2.24, 2.45) is 0 Å². The topological polar surface area (TPSA) is 55.4 Å². The number of rotatable bonds is 8. The zero-order valence-electron chi connectivity index (χ0n) is 11.6. The number of benzene rings is 1. The molecule has 0 aromatic heterocycles. The van der Waals surface area contributed by atoms with E-state index in [1.165, 1.54) is 6.26 Å². The van der Waals surface area contributed by atoms with E-state index in [0.29, 0.717) is 26.1 Å². The molecule has 0 aliphatic rings. The minimum Gasteiger partial charge on any atom is -0.492 e. The average Bonchev–Trinajstić information content (AvgIpc) is 2.32. The van der Waals surface area contributed by atoms with Crippen LogP contribution in [-0.4, -0.2) is 33.6 Å². The third-order valence-corrected chi connectivity index (χ3v) is 4.75. The van der Waals surface area contributed by atoms with E-state index in [1.807, 2.05) is 19.1 Å². The van der Waals surface area contributed by atoms with Crippen LogP contribution in [0.15, 0.2) is 21.1 Å². The molecule has 0 unspecified atom stereocenters. The predicted octanol–water partition coefficient (Wildman–Crippen LogP) is 3.13. The molecule has 0 radical (unpaired) electrons. The Bertz CT molecular complexity index is 524. The van der Waals surface area contributed by atoms with Gasteiger partial charge in [-0.15, -0.1) is 0 Å². The minimum atomic E-state index is -2.87. The van der Waals surface area contributed by atoms with Crippen molar-refractivity contribution in [3.05, 3.63) is 26.6 Å². The van der Waals surface area contributed by atoms with Gasteiger partial charge in [0.05, 0.1) is 21.3 Å². The van der Waals surface area contributed by atoms with Crippen molar-refractivity contribution in [1.82, 2.24) is 5.32 Å². The molecule has 7 heteroatoms. The monoisotopic (exact) mass is 427 g/mol. The Labute approximate surface area is 137 Å². The SMILES string of the molecule is CCOc1c(Br)cc(CNCCCS(C)(=O)=O)cc1Br. The van der Waals surface area contributed by atoms with Gasteiger partial charge in [0.1, 0.15) is 15.6 Å². The predicted molar refractivity (Wildman–Crippen MR) is 89.0 cm³/mol. The second-order valence-corrected chi connectivity index (χ2v) is 8.45. The standard InChI is InChI=1S/C13H19Br2NO3S/c1-3-19-13-11(14)7-10(8-12(13)15)9-16-5-4-6-20(2,17)18/h7-8,16H,3-6,9H2,1-2H3. The van der Waals surface area contributed by atoms with E-state index in [2.05, 4.69) is 37.2 Å². The van der Waals surface area contributed by atoms with E-state index >= 15 is 0 Å². The number of hydrogen-bond donors (Lipinski definition) is 1. The van der Waals surface area contributed by atoms with Gasteiger partial charge >= 0.3 is 0 Å². The first-order valence-corrected chi connectivity index (χ1v) is 9.97. The summed E-state index contributed by atoms with van der Waals surface area (Å²) in [4.78, 5) is 0. The van der Waals surface area contributed by atoms with Crippen LogP contribution in [0.3, 0.4) is 0 Å². The number of halogens is 2. The third kappa shape index (κ3) is 6.56. The highest BCUT2D eigenvalue weighted by molar-refractivity contribution is 9.11. The number of sulfone groups is 1. The lowest BCUT2D eigenvalue weighted by atomic mass is 10.2. The molecule has 1 N–H and O–H groups in total. The second kappa shape index (κ2) is 8.36. The van der Waals surface area contributed by atoms with Gasteiger partial charge in [0.25, 0.3) is 0 Å². The van der Waals surface area contributed by atoms with Crippen LogP contribution in [0.1, 0.15) is 18.9 Å². The molecule has 0 spiro atoms. The summed E-state index contributed by atoms with van der Waals surface area (Å²) in [6, 6.07) is 4.00. The molecular weight excluding hydrogens is 410 g/mol. The summed E-state index contributed by atoms with van der Waals surface area (Å²) >= 11 is 6.97. The molecule has 1 rings (SSSR count). The van der Waals surface area contributed by atoms with Crippen molar-refractivity contribution < 1.29 is 13.2 Å². The Balaban J connectivity index is 2.49. The summed E-state index contributed by atoms with van der Waals surface area (Å²) in [5.74, 6) is 1.02. The molecule has 20 heavy (non-hydrogen) atoms. The molecule has 114 valence electrons. The number of ether oxygens (including phenoxy) is 1. The zero-order valence-corrected chi connectivity index (χ0v) is 15.6. The molecule has 0 saturated heterocycles. The van der Waals surface area contributed by atoms with Crippen molar-refractivity contribution in [3.63, 3.8) is 0 Å². The van der Waals surface area contributed by atoms with E-state index in [4.69, 9.17) is 4.74 Å². The first kappa shape index (κ1) is 17.9. The second-order valence-electron chi connectivity index (χ2n) is 4.48. The molecule has 0 atom stereocenters. The van der Waals surface area contributed by atoms with E-state index in [9.17, 15) is 8.42 Å². The summed E-state index contributed by atoms with van der Waals surface area (Å²) in [6.07, 6.45) is 1.88. The van der Waals surface area contributed by atoms with Crippen molar-refractivity contribution in [2.75, 3.05) is 25.2 Å². The fourth-order valence-corrected chi connectivity index (χ4v) is 3.87. The van der Waals surface area contributed by atoms with Crippen molar-refractivity contribution in [3.8, 4) is 5.75 Å². The van der Waals surface area contributed by atoms with E-state index in [1.54, 1.807) is 0 Å². The highest BCUT2D eigenvalue weighted by atomic mass is 79.9. The Morgan fingerprint density at radius 1 is 1.25 bits per heavy atom. The molecule has 0 aliphatic carbocycles. The van der Waals surface area contributed by atoms with Crippen LogP contribution in [0.2, 0.25) is 0 Å². The minimum absolute atomic E-state index is 0.219. The Morgan fingerprint density at radius 3 is 2.35 bits per heavy atom. The Kier molecular flexibility index (Phi) is 7.50. The molecule has 1 aromatic carbocycles. The van der Waals surface area contributed by atoms with Crippen LogP contribution in [0.25, 0.3) is 0 Å². The Morgan fingerprint density at radius 2 is 1.85 bits per heavy atom. The van der Waals surface area contributed by atoms with Gasteiger partial charge in [0.2, 0.25) is 0 Å². The molecule has 0 saturated carbocycles. The van der Waals surface area contributed by atoms with E-state index < -0.39 is 9.84 Å². The van der Waals surface area contributed by atoms with Gasteiger partial charge in [-0.1, -0.05) is 0 Å². The quantitative estimate of drug-likeness (QED) is 0.646. The lowest BCUT2D eigenvalue weighted by molar-refractivity contribution is 0.336. The largest absolute Gasteiger partial charge is 0.492 e. The average molecular weight is 429 g/mol. The van der Waals surface area contributed by atoms with Gasteiger partial charge in [-0.05, 0) is 69.4 Å². The fourth-order valence-electron chi connectivity index (χ4n) is 1.69. The van der Waals surface area contributed by atoms with Gasteiger partial charge in [-0.25, -0.2) is 8.42 Å². The Hall–Kier alpha value is -0.110. The number of hydrogen-bond acceptors (Lipinski definition) is 4. The first-order chi connectivity index (χ1) is 9.33. The summed E-state index contributed by atoms with van der Waals surface area (Å²) < 4.78 is 29.3. The summed E-state index contributed by atoms with van der Waals surface area (Å²) in [5, 5.41) is 3.23. The summed E-state index contributed by atoms with van der Waals surface area (Å²) in [5.41, 5.74) is 1.10. The maximum Gasteiger partial charge on any atom is 0.147 e. The maximum absolute atomic E-state index is 11.0. The van der Waals surface area contributed by atoms with E-state index in [-0.39, 0.29) is 5.75 Å². The summed E-state index contributed by atoms with van der Waals surface area (Å²) in [7, 11) is -2.87. The number of nitrogens with one attached hydrogen (secondary N) is 1. The van der Waals surface area contributed by atoms with Crippen LogP contribution in [0.4, 0.5) is 0 Å². The molecule has 1 aromatic rings. The maximum atomic E-state index is 11.0. The van der Waals surface area contributed by atoms with Gasteiger partial charge < -0.3 is 10.1 Å². The highest BCUT2D eigenvalue weighted by Crippen LogP contribution is 2.34. The highest BCUT2D eigenvalue weighted by Gasteiger charge is 2.08. The van der Waals surface area contributed by atoms with Crippen LogP contribution >= 0.6 is 31.9 Å². The van der Waals surface area contributed by atoms with Crippen molar-refractivity contribution in [1.29, 1.82) is 0 Å². The van der Waals surface area contributed by atoms with Gasteiger partial charge in [-0.3, -0.25) is 0 Å². The molecule has 4 nitrogen and oxygen atoms in total. The summed E-state index contributed by atoms with van der Waals surface area (Å²) in [6.45, 7) is 3.92.